The van der Waals surface area contributed by atoms with E-state index in [2.05, 4.69) is 34.6 Å². The van der Waals surface area contributed by atoms with Gasteiger partial charge in [-0.2, -0.15) is 0 Å². The fourth-order valence-corrected chi connectivity index (χ4v) is 2.22. The third-order valence-electron chi connectivity index (χ3n) is 3.30. The number of aromatic nitrogens is 3. The smallest absolute Gasteiger partial charge is 0.120 e. The van der Waals surface area contributed by atoms with Crippen molar-refractivity contribution in [2.24, 2.45) is 5.73 Å². The van der Waals surface area contributed by atoms with Gasteiger partial charge in [-0.25, -0.2) is 4.68 Å². The maximum absolute atomic E-state index is 5.77. The molecule has 1 heterocycles. The molecule has 0 aliphatic carbocycles. The molecule has 3 aromatic rings. The second-order valence-corrected chi connectivity index (χ2v) is 4.87. The van der Waals surface area contributed by atoms with E-state index in [1.165, 1.54) is 10.8 Å². The molecule has 2 N–H and O–H groups in total. The van der Waals surface area contributed by atoms with Crippen LogP contribution in [0.2, 0.25) is 0 Å². The predicted molar refractivity (Wildman–Crippen MR) is 82.2 cm³/mol. The molecule has 21 heavy (non-hydrogen) atoms. The minimum Gasteiger partial charge on any atom is -0.492 e. The minimum absolute atomic E-state index is 0.559. The average Bonchev–Trinajstić information content (AvgIpc) is 2.95. The Morgan fingerprint density at radius 3 is 2.81 bits per heavy atom. The van der Waals surface area contributed by atoms with E-state index in [0.29, 0.717) is 19.7 Å². The van der Waals surface area contributed by atoms with Crippen molar-refractivity contribution in [3.63, 3.8) is 0 Å². The Hall–Kier alpha value is -2.40. The van der Waals surface area contributed by atoms with Crippen LogP contribution in [0.5, 0.6) is 5.75 Å². The number of hydrogen-bond acceptors (Lipinski definition) is 4. The zero-order valence-electron chi connectivity index (χ0n) is 11.8. The maximum Gasteiger partial charge on any atom is 0.120 e. The van der Waals surface area contributed by atoms with Crippen LogP contribution in [-0.4, -0.2) is 28.1 Å². The number of benzene rings is 2. The van der Waals surface area contributed by atoms with Crippen LogP contribution in [0.4, 0.5) is 0 Å². The van der Waals surface area contributed by atoms with E-state index in [-0.39, 0.29) is 0 Å². The first-order valence-corrected chi connectivity index (χ1v) is 7.06. The first-order chi connectivity index (χ1) is 10.3. The minimum atomic E-state index is 0.559. The van der Waals surface area contributed by atoms with Crippen molar-refractivity contribution in [3.8, 4) is 5.75 Å². The van der Waals surface area contributed by atoms with Gasteiger partial charge >= 0.3 is 0 Å². The number of nitrogens with two attached hydrogens (primary N) is 1. The monoisotopic (exact) mass is 282 g/mol. The zero-order chi connectivity index (χ0) is 14.5. The van der Waals surface area contributed by atoms with E-state index in [0.717, 1.165) is 17.9 Å². The number of hydrogen-bond donors (Lipinski definition) is 1. The summed E-state index contributed by atoms with van der Waals surface area (Å²) in [7, 11) is 0. The molecule has 0 fully saturated rings. The Bertz CT molecular complexity index is 723. The highest BCUT2D eigenvalue weighted by Gasteiger charge is 2.01. The van der Waals surface area contributed by atoms with Gasteiger partial charge in [-0.3, -0.25) is 0 Å². The van der Waals surface area contributed by atoms with Crippen LogP contribution in [0.15, 0.2) is 48.7 Å². The summed E-state index contributed by atoms with van der Waals surface area (Å²) in [5.74, 6) is 0.871. The van der Waals surface area contributed by atoms with Gasteiger partial charge in [0.05, 0.1) is 12.2 Å². The Morgan fingerprint density at radius 1 is 1.10 bits per heavy atom. The molecule has 0 aliphatic rings. The van der Waals surface area contributed by atoms with E-state index in [1.807, 2.05) is 24.4 Å². The summed E-state index contributed by atoms with van der Waals surface area (Å²) in [6.45, 7) is 1.82. The normalized spacial score (nSPS) is 10.9. The van der Waals surface area contributed by atoms with Gasteiger partial charge in [0.15, 0.2) is 0 Å². The van der Waals surface area contributed by atoms with Gasteiger partial charge in [-0.05, 0) is 29.4 Å². The van der Waals surface area contributed by atoms with Crippen LogP contribution in [0.3, 0.4) is 0 Å². The molecular formula is C16H18N4O. The van der Waals surface area contributed by atoms with E-state index < -0.39 is 0 Å². The van der Waals surface area contributed by atoms with Gasteiger partial charge in [-0.15, -0.1) is 5.10 Å². The summed E-state index contributed by atoms with van der Waals surface area (Å²) >= 11 is 0. The Morgan fingerprint density at radius 2 is 1.95 bits per heavy atom. The molecule has 0 saturated heterocycles. The van der Waals surface area contributed by atoms with Crippen molar-refractivity contribution in [1.29, 1.82) is 0 Å². The first-order valence-electron chi connectivity index (χ1n) is 7.06. The van der Waals surface area contributed by atoms with Crippen LogP contribution in [0.1, 0.15) is 5.69 Å². The molecule has 0 unspecified atom stereocenters. The molecular weight excluding hydrogens is 264 g/mol. The topological polar surface area (TPSA) is 66.0 Å². The van der Waals surface area contributed by atoms with Crippen molar-refractivity contribution in [2.45, 2.75) is 13.0 Å². The Balaban J connectivity index is 1.58. The zero-order valence-corrected chi connectivity index (χ0v) is 11.8. The molecule has 108 valence electrons. The quantitative estimate of drug-likeness (QED) is 0.751. The lowest BCUT2D eigenvalue weighted by Crippen LogP contribution is -2.08. The number of nitrogens with zero attached hydrogens (tertiary/aromatic N) is 3. The lowest BCUT2D eigenvalue weighted by Gasteiger charge is -2.07. The molecule has 0 radical (unpaired) electrons. The number of rotatable bonds is 6. The van der Waals surface area contributed by atoms with Gasteiger partial charge in [0, 0.05) is 12.6 Å². The van der Waals surface area contributed by atoms with Crippen molar-refractivity contribution >= 4 is 10.8 Å². The number of fused-ring (bicyclic) bond motifs is 1. The van der Waals surface area contributed by atoms with Crippen molar-refractivity contribution in [1.82, 2.24) is 15.0 Å². The van der Waals surface area contributed by atoms with Gasteiger partial charge in [0.1, 0.15) is 12.4 Å². The SMILES string of the molecule is NCCc1cn(CCOc2ccc3ccccc3c2)nn1. The number of ether oxygens (including phenoxy) is 1. The molecule has 3 rings (SSSR count). The van der Waals surface area contributed by atoms with Gasteiger partial charge in [0.25, 0.3) is 0 Å². The summed E-state index contributed by atoms with van der Waals surface area (Å²) in [6, 6.07) is 14.3. The van der Waals surface area contributed by atoms with Crippen molar-refractivity contribution < 1.29 is 4.74 Å². The van der Waals surface area contributed by atoms with Gasteiger partial charge in [-0.1, -0.05) is 35.5 Å². The standard InChI is InChI=1S/C16H18N4O/c17-8-7-15-12-20(19-18-15)9-10-21-16-6-5-13-3-1-2-4-14(13)11-16/h1-6,11-12H,7-10,17H2. The van der Waals surface area contributed by atoms with E-state index in [1.54, 1.807) is 4.68 Å². The summed E-state index contributed by atoms with van der Waals surface area (Å²) in [5.41, 5.74) is 6.41. The summed E-state index contributed by atoms with van der Waals surface area (Å²) in [6.07, 6.45) is 2.67. The maximum atomic E-state index is 5.77. The largest absolute Gasteiger partial charge is 0.492 e. The summed E-state index contributed by atoms with van der Waals surface area (Å²) < 4.78 is 7.56. The van der Waals surface area contributed by atoms with Gasteiger partial charge in [0.2, 0.25) is 0 Å². The van der Waals surface area contributed by atoms with Gasteiger partial charge < -0.3 is 10.5 Å². The molecule has 0 saturated carbocycles. The molecule has 0 amide bonds. The Kier molecular flexibility index (Phi) is 4.12. The Labute approximate surface area is 123 Å². The second-order valence-electron chi connectivity index (χ2n) is 4.87. The average molecular weight is 282 g/mol. The second kappa shape index (κ2) is 6.37. The van der Waals surface area contributed by atoms with Crippen LogP contribution in [0, 0.1) is 0 Å². The molecule has 0 atom stereocenters. The van der Waals surface area contributed by atoms with Crippen LogP contribution < -0.4 is 10.5 Å². The van der Waals surface area contributed by atoms with Crippen molar-refractivity contribution in [2.75, 3.05) is 13.2 Å². The fourth-order valence-electron chi connectivity index (χ4n) is 2.22. The molecule has 5 heteroatoms. The van der Waals surface area contributed by atoms with Crippen LogP contribution in [-0.2, 0) is 13.0 Å². The molecule has 0 spiro atoms. The van der Waals surface area contributed by atoms with Crippen LogP contribution in [0.25, 0.3) is 10.8 Å². The van der Waals surface area contributed by atoms with Crippen molar-refractivity contribution in [3.05, 3.63) is 54.4 Å². The third-order valence-corrected chi connectivity index (χ3v) is 3.30. The fraction of sp³-hybridized carbons (Fsp3) is 0.250. The molecule has 5 nitrogen and oxygen atoms in total. The predicted octanol–water partition coefficient (Wildman–Crippen LogP) is 2.01. The molecule has 2 aromatic carbocycles. The summed E-state index contributed by atoms with van der Waals surface area (Å²) in [4.78, 5) is 0. The highest BCUT2D eigenvalue weighted by molar-refractivity contribution is 5.83. The van der Waals surface area contributed by atoms with E-state index in [9.17, 15) is 0 Å². The molecule has 0 bridgehead atoms. The van der Waals surface area contributed by atoms with E-state index >= 15 is 0 Å². The molecule has 0 aliphatic heterocycles. The van der Waals surface area contributed by atoms with Crippen LogP contribution >= 0.6 is 0 Å². The highest BCUT2D eigenvalue weighted by atomic mass is 16.5. The highest BCUT2D eigenvalue weighted by Crippen LogP contribution is 2.20. The molecule has 1 aromatic heterocycles. The lowest BCUT2D eigenvalue weighted by atomic mass is 10.1. The first kappa shape index (κ1) is 13.6. The lowest BCUT2D eigenvalue weighted by molar-refractivity contribution is 0.290. The van der Waals surface area contributed by atoms with E-state index in [4.69, 9.17) is 10.5 Å². The third kappa shape index (κ3) is 3.38. The summed E-state index contributed by atoms with van der Waals surface area (Å²) in [5, 5.41) is 10.5.